The van der Waals surface area contributed by atoms with E-state index in [9.17, 15) is 9.90 Å². The van der Waals surface area contributed by atoms with Crippen molar-refractivity contribution in [1.29, 1.82) is 0 Å². The standard InChI is InChI=1S/C20H22N2O4/c23-15-10-14(11-15)20(16-3-1-2-8-21-16)22-19(24)7-5-13-4-6-17-18(9-13)26-12-25-17/h1-4,6,8-9,14-15,20,23H,5,7,10-12H2,(H,22,24)/t14?,15?,20-/m0/s1. The summed E-state index contributed by atoms with van der Waals surface area (Å²) in [7, 11) is 0. The second-order valence-corrected chi connectivity index (χ2v) is 6.87. The van der Waals surface area contributed by atoms with Gasteiger partial charge in [0.05, 0.1) is 17.8 Å². The van der Waals surface area contributed by atoms with Crippen molar-refractivity contribution in [3.8, 4) is 11.5 Å². The fraction of sp³-hybridized carbons (Fsp3) is 0.400. The minimum absolute atomic E-state index is 0.0142. The fourth-order valence-electron chi connectivity index (χ4n) is 3.50. The molecule has 6 heteroatoms. The monoisotopic (exact) mass is 354 g/mol. The second kappa shape index (κ2) is 7.33. The largest absolute Gasteiger partial charge is 0.454 e. The molecule has 2 N–H and O–H groups in total. The Morgan fingerprint density at radius 3 is 2.85 bits per heavy atom. The molecule has 1 aliphatic heterocycles. The number of fused-ring (bicyclic) bond motifs is 1. The zero-order valence-corrected chi connectivity index (χ0v) is 14.4. The van der Waals surface area contributed by atoms with Crippen LogP contribution in [-0.2, 0) is 11.2 Å². The smallest absolute Gasteiger partial charge is 0.231 e. The van der Waals surface area contributed by atoms with Crippen LogP contribution in [-0.4, -0.2) is 28.9 Å². The molecule has 26 heavy (non-hydrogen) atoms. The van der Waals surface area contributed by atoms with Crippen molar-refractivity contribution in [2.45, 2.75) is 37.8 Å². The number of carbonyl (C=O) groups excluding carboxylic acids is 1. The Hall–Kier alpha value is -2.60. The van der Waals surface area contributed by atoms with Gasteiger partial charge >= 0.3 is 0 Å². The van der Waals surface area contributed by atoms with E-state index in [2.05, 4.69) is 10.3 Å². The zero-order valence-electron chi connectivity index (χ0n) is 14.4. The number of ether oxygens (including phenoxy) is 2. The number of amides is 1. The van der Waals surface area contributed by atoms with Crippen molar-refractivity contribution in [3.63, 3.8) is 0 Å². The van der Waals surface area contributed by atoms with Crippen LogP contribution in [0.3, 0.4) is 0 Å². The number of rotatable bonds is 6. The number of nitrogens with one attached hydrogen (secondary N) is 1. The number of benzene rings is 1. The van der Waals surface area contributed by atoms with Gasteiger partial charge in [0.2, 0.25) is 12.7 Å². The molecule has 0 spiro atoms. The highest BCUT2D eigenvalue weighted by Gasteiger charge is 2.36. The van der Waals surface area contributed by atoms with Gasteiger partial charge in [-0.3, -0.25) is 9.78 Å². The first kappa shape index (κ1) is 16.8. The molecule has 2 aliphatic rings. The fourth-order valence-corrected chi connectivity index (χ4v) is 3.50. The Morgan fingerprint density at radius 1 is 1.23 bits per heavy atom. The molecule has 6 nitrogen and oxygen atoms in total. The van der Waals surface area contributed by atoms with Gasteiger partial charge in [-0.25, -0.2) is 0 Å². The van der Waals surface area contributed by atoms with Crippen LogP contribution in [0.5, 0.6) is 11.5 Å². The van der Waals surface area contributed by atoms with Crippen molar-refractivity contribution in [2.75, 3.05) is 6.79 Å². The predicted molar refractivity (Wildman–Crippen MR) is 94.7 cm³/mol. The summed E-state index contributed by atoms with van der Waals surface area (Å²) in [5, 5.41) is 12.7. The number of aryl methyl sites for hydroxylation is 1. The van der Waals surface area contributed by atoms with Crippen LogP contribution < -0.4 is 14.8 Å². The highest BCUT2D eigenvalue weighted by Crippen LogP contribution is 2.37. The number of aliphatic hydroxyl groups is 1. The highest BCUT2D eigenvalue weighted by molar-refractivity contribution is 5.76. The lowest BCUT2D eigenvalue weighted by molar-refractivity contribution is -0.123. The normalized spacial score (nSPS) is 21.7. The van der Waals surface area contributed by atoms with E-state index in [4.69, 9.17) is 9.47 Å². The highest BCUT2D eigenvalue weighted by atomic mass is 16.7. The number of carbonyl (C=O) groups is 1. The summed E-state index contributed by atoms with van der Waals surface area (Å²) in [5.41, 5.74) is 1.89. The minimum atomic E-state index is -0.267. The molecule has 0 unspecified atom stereocenters. The van der Waals surface area contributed by atoms with E-state index < -0.39 is 0 Å². The molecule has 136 valence electrons. The molecule has 2 heterocycles. The topological polar surface area (TPSA) is 80.7 Å². The number of hydrogen-bond acceptors (Lipinski definition) is 5. The lowest BCUT2D eigenvalue weighted by Gasteiger charge is -2.37. The first-order valence-corrected chi connectivity index (χ1v) is 8.96. The van der Waals surface area contributed by atoms with Gasteiger partial charge < -0.3 is 19.9 Å². The average molecular weight is 354 g/mol. The van der Waals surface area contributed by atoms with Gasteiger partial charge in [-0.15, -0.1) is 0 Å². The van der Waals surface area contributed by atoms with Gasteiger partial charge in [0.1, 0.15) is 0 Å². The molecule has 4 rings (SSSR count). The van der Waals surface area contributed by atoms with E-state index in [1.54, 1.807) is 6.20 Å². The molecular weight excluding hydrogens is 332 g/mol. The number of aromatic nitrogens is 1. The number of pyridine rings is 1. The molecule has 1 fully saturated rings. The Bertz CT molecular complexity index is 775. The van der Waals surface area contributed by atoms with Crippen LogP contribution >= 0.6 is 0 Å². The number of hydrogen-bond donors (Lipinski definition) is 2. The maximum absolute atomic E-state index is 12.5. The van der Waals surface area contributed by atoms with E-state index in [1.807, 2.05) is 36.4 Å². The Labute approximate surface area is 152 Å². The predicted octanol–water partition coefficient (Wildman–Crippen LogP) is 2.37. The minimum Gasteiger partial charge on any atom is -0.454 e. The Balaban J connectivity index is 1.37. The molecule has 1 amide bonds. The summed E-state index contributed by atoms with van der Waals surface area (Å²) in [6.07, 6.45) is 3.88. The molecule has 1 aromatic carbocycles. The molecule has 0 bridgehead atoms. The zero-order chi connectivity index (χ0) is 17.9. The lowest BCUT2D eigenvalue weighted by Crippen LogP contribution is -2.41. The van der Waals surface area contributed by atoms with Gasteiger partial charge in [0, 0.05) is 12.6 Å². The third kappa shape index (κ3) is 3.65. The van der Waals surface area contributed by atoms with E-state index in [0.717, 1.165) is 22.8 Å². The molecule has 1 saturated carbocycles. The van der Waals surface area contributed by atoms with Crippen LogP contribution in [0.1, 0.15) is 36.6 Å². The summed E-state index contributed by atoms with van der Waals surface area (Å²) >= 11 is 0. The second-order valence-electron chi connectivity index (χ2n) is 6.87. The van der Waals surface area contributed by atoms with Crippen molar-refractivity contribution >= 4 is 5.91 Å². The lowest BCUT2D eigenvalue weighted by atomic mass is 9.76. The summed E-state index contributed by atoms with van der Waals surface area (Å²) < 4.78 is 10.7. The molecule has 1 atom stereocenters. The molecular formula is C20H22N2O4. The number of aliphatic hydroxyl groups excluding tert-OH is 1. The molecule has 1 aliphatic carbocycles. The van der Waals surface area contributed by atoms with Gasteiger partial charge in [0.15, 0.2) is 11.5 Å². The van der Waals surface area contributed by atoms with Crippen molar-refractivity contribution in [3.05, 3.63) is 53.9 Å². The van der Waals surface area contributed by atoms with Gasteiger partial charge in [-0.2, -0.15) is 0 Å². The summed E-state index contributed by atoms with van der Waals surface area (Å²) in [5.74, 6) is 1.70. The van der Waals surface area contributed by atoms with Crippen molar-refractivity contribution in [1.82, 2.24) is 10.3 Å². The first-order valence-electron chi connectivity index (χ1n) is 8.96. The summed E-state index contributed by atoms with van der Waals surface area (Å²) in [6.45, 7) is 0.248. The third-order valence-electron chi connectivity index (χ3n) is 5.02. The van der Waals surface area contributed by atoms with E-state index in [-0.39, 0.29) is 30.8 Å². The van der Waals surface area contributed by atoms with Crippen LogP contribution in [0.15, 0.2) is 42.6 Å². The van der Waals surface area contributed by atoms with E-state index >= 15 is 0 Å². The van der Waals surface area contributed by atoms with Crippen LogP contribution in [0.4, 0.5) is 0 Å². The van der Waals surface area contributed by atoms with Crippen molar-refractivity contribution < 1.29 is 19.4 Å². The molecule has 0 radical (unpaired) electrons. The summed E-state index contributed by atoms with van der Waals surface area (Å²) in [4.78, 5) is 16.9. The van der Waals surface area contributed by atoms with Crippen molar-refractivity contribution in [2.24, 2.45) is 5.92 Å². The van der Waals surface area contributed by atoms with E-state index in [1.165, 1.54) is 0 Å². The Kier molecular flexibility index (Phi) is 4.75. The van der Waals surface area contributed by atoms with Gasteiger partial charge in [-0.05, 0) is 55.0 Å². The Morgan fingerprint density at radius 2 is 2.08 bits per heavy atom. The van der Waals surface area contributed by atoms with Crippen LogP contribution in [0.2, 0.25) is 0 Å². The maximum atomic E-state index is 12.5. The maximum Gasteiger partial charge on any atom is 0.231 e. The quantitative estimate of drug-likeness (QED) is 0.832. The SMILES string of the molecule is O=C(CCc1ccc2c(c1)OCO2)N[C@H](c1ccccn1)C1CC(O)C1. The van der Waals surface area contributed by atoms with Gasteiger partial charge in [-0.1, -0.05) is 12.1 Å². The molecule has 2 aromatic rings. The summed E-state index contributed by atoms with van der Waals surface area (Å²) in [6, 6.07) is 11.3. The number of nitrogens with zero attached hydrogens (tertiary/aromatic N) is 1. The molecule has 1 aromatic heterocycles. The van der Waals surface area contributed by atoms with Gasteiger partial charge in [0.25, 0.3) is 0 Å². The first-order chi connectivity index (χ1) is 12.7. The van der Waals surface area contributed by atoms with Crippen LogP contribution in [0.25, 0.3) is 0 Å². The average Bonchev–Trinajstić information content (AvgIpc) is 3.10. The molecule has 0 saturated heterocycles. The van der Waals surface area contributed by atoms with E-state index in [0.29, 0.717) is 25.7 Å². The third-order valence-corrected chi connectivity index (χ3v) is 5.02. The van der Waals surface area contributed by atoms with Crippen LogP contribution in [0, 0.1) is 5.92 Å².